The summed E-state index contributed by atoms with van der Waals surface area (Å²) >= 11 is 0. The quantitative estimate of drug-likeness (QED) is 0.254. The topological polar surface area (TPSA) is 79.1 Å². The van der Waals surface area contributed by atoms with Crippen molar-refractivity contribution in [2.45, 2.75) is 12.2 Å². The van der Waals surface area contributed by atoms with E-state index in [9.17, 15) is 4.79 Å². The molecule has 148 valence electrons. The van der Waals surface area contributed by atoms with Crippen molar-refractivity contribution in [1.29, 1.82) is 0 Å². The van der Waals surface area contributed by atoms with Gasteiger partial charge in [0.15, 0.2) is 11.5 Å². The largest absolute Gasteiger partial charge is 0.490 e. The highest BCUT2D eigenvalue weighted by molar-refractivity contribution is 5.95. The molecule has 2 aromatic carbocycles. The molecular weight excluding hydrogens is 364 g/mol. The summed E-state index contributed by atoms with van der Waals surface area (Å²) in [5, 5.41) is 1.82. The summed E-state index contributed by atoms with van der Waals surface area (Å²) in [5.41, 5.74) is 0. The molecule has 0 aliphatic carbocycles. The third kappa shape index (κ3) is 4.74. The Balaban J connectivity index is 1.57. The molecule has 2 aliphatic heterocycles. The van der Waals surface area contributed by atoms with Crippen LogP contribution in [-0.2, 0) is 19.0 Å². The average Bonchev–Trinajstić information content (AvgIpc) is 3.63. The second-order valence-electron chi connectivity index (χ2n) is 6.50. The van der Waals surface area contributed by atoms with Crippen LogP contribution in [0.25, 0.3) is 10.8 Å². The SMILES string of the molecule is C=CC(=O)OCCOc1cc(OCC2CO2)c2ccccc2c1OCC1CO1. The first-order chi connectivity index (χ1) is 13.7. The number of benzene rings is 2. The molecule has 0 N–H and O–H groups in total. The summed E-state index contributed by atoms with van der Waals surface area (Å²) in [4.78, 5) is 11.2. The second kappa shape index (κ2) is 8.50. The first kappa shape index (κ1) is 18.6. The van der Waals surface area contributed by atoms with Gasteiger partial charge in [0.25, 0.3) is 0 Å². The van der Waals surface area contributed by atoms with Gasteiger partial charge in [-0.15, -0.1) is 0 Å². The van der Waals surface area contributed by atoms with Gasteiger partial charge >= 0.3 is 5.97 Å². The van der Waals surface area contributed by atoms with E-state index in [-0.39, 0.29) is 25.4 Å². The molecule has 2 atom stereocenters. The fourth-order valence-electron chi connectivity index (χ4n) is 2.71. The Morgan fingerprint density at radius 3 is 2.36 bits per heavy atom. The van der Waals surface area contributed by atoms with Gasteiger partial charge in [-0.2, -0.15) is 0 Å². The van der Waals surface area contributed by atoms with Crippen molar-refractivity contribution < 1.29 is 33.2 Å². The summed E-state index contributed by atoms with van der Waals surface area (Å²) in [7, 11) is 0. The number of ether oxygens (including phenoxy) is 6. The number of hydrogen-bond donors (Lipinski definition) is 0. The van der Waals surface area contributed by atoms with Crippen LogP contribution in [0, 0.1) is 0 Å². The minimum Gasteiger partial charge on any atom is -0.490 e. The Morgan fingerprint density at radius 1 is 1.00 bits per heavy atom. The zero-order chi connectivity index (χ0) is 19.3. The lowest BCUT2D eigenvalue weighted by atomic mass is 10.1. The van der Waals surface area contributed by atoms with Crippen molar-refractivity contribution in [3.63, 3.8) is 0 Å². The van der Waals surface area contributed by atoms with Gasteiger partial charge in [0.1, 0.15) is 44.4 Å². The molecule has 0 aromatic heterocycles. The van der Waals surface area contributed by atoms with Crippen molar-refractivity contribution >= 4 is 16.7 Å². The maximum absolute atomic E-state index is 11.2. The van der Waals surface area contributed by atoms with Crippen molar-refractivity contribution in [3.8, 4) is 17.2 Å². The van der Waals surface area contributed by atoms with Crippen molar-refractivity contribution in [3.05, 3.63) is 43.0 Å². The highest BCUT2D eigenvalue weighted by Crippen LogP contribution is 2.42. The van der Waals surface area contributed by atoms with E-state index in [2.05, 4.69) is 6.58 Å². The number of epoxide rings is 2. The summed E-state index contributed by atoms with van der Waals surface area (Å²) in [5.74, 6) is 1.36. The first-order valence-electron chi connectivity index (χ1n) is 9.21. The maximum Gasteiger partial charge on any atom is 0.330 e. The molecule has 2 fully saturated rings. The van der Waals surface area contributed by atoms with Crippen molar-refractivity contribution in [1.82, 2.24) is 0 Å². The third-order valence-corrected chi connectivity index (χ3v) is 4.32. The van der Waals surface area contributed by atoms with Gasteiger partial charge in [-0.1, -0.05) is 30.8 Å². The number of hydrogen-bond acceptors (Lipinski definition) is 7. The lowest BCUT2D eigenvalue weighted by Crippen LogP contribution is -2.12. The lowest BCUT2D eigenvalue weighted by molar-refractivity contribution is -0.138. The summed E-state index contributed by atoms with van der Waals surface area (Å²) in [6.45, 7) is 6.01. The fourth-order valence-corrected chi connectivity index (χ4v) is 2.71. The Labute approximate surface area is 162 Å². The van der Waals surface area contributed by atoms with Gasteiger partial charge in [0.2, 0.25) is 0 Å². The zero-order valence-corrected chi connectivity index (χ0v) is 15.4. The normalized spacial score (nSPS) is 19.7. The molecule has 0 amide bonds. The molecule has 2 heterocycles. The fraction of sp³-hybridized carbons (Fsp3) is 0.381. The zero-order valence-electron chi connectivity index (χ0n) is 15.4. The monoisotopic (exact) mass is 386 g/mol. The molecule has 0 spiro atoms. The van der Waals surface area contributed by atoms with E-state index in [0.717, 1.165) is 23.5 Å². The highest BCUT2D eigenvalue weighted by Gasteiger charge is 2.26. The molecule has 7 heteroatoms. The predicted octanol–water partition coefficient (Wildman–Crippen LogP) is 2.50. The van der Waals surface area contributed by atoms with Crippen LogP contribution < -0.4 is 14.2 Å². The third-order valence-electron chi connectivity index (χ3n) is 4.32. The Hall–Kier alpha value is -2.77. The molecular formula is C21H22O7. The van der Waals surface area contributed by atoms with Gasteiger partial charge < -0.3 is 28.4 Å². The van der Waals surface area contributed by atoms with E-state index in [4.69, 9.17) is 28.4 Å². The van der Waals surface area contributed by atoms with Gasteiger partial charge in [-0.05, 0) is 0 Å². The lowest BCUT2D eigenvalue weighted by Gasteiger charge is -2.18. The van der Waals surface area contributed by atoms with E-state index in [0.29, 0.717) is 37.1 Å². The van der Waals surface area contributed by atoms with E-state index < -0.39 is 5.97 Å². The molecule has 0 radical (unpaired) electrons. The highest BCUT2D eigenvalue weighted by atomic mass is 16.6. The number of carbonyl (C=O) groups is 1. The van der Waals surface area contributed by atoms with Crippen LogP contribution in [0.3, 0.4) is 0 Å². The number of esters is 1. The second-order valence-corrected chi connectivity index (χ2v) is 6.50. The van der Waals surface area contributed by atoms with Crippen LogP contribution in [-0.4, -0.2) is 57.8 Å². The molecule has 28 heavy (non-hydrogen) atoms. The minimum absolute atomic E-state index is 0.106. The van der Waals surface area contributed by atoms with Crippen LogP contribution in [0.1, 0.15) is 0 Å². The average molecular weight is 386 g/mol. The van der Waals surface area contributed by atoms with E-state index in [1.165, 1.54) is 0 Å². The summed E-state index contributed by atoms with van der Waals surface area (Å²) < 4.78 is 33.3. The Kier molecular flexibility index (Phi) is 5.64. The Morgan fingerprint density at radius 2 is 1.68 bits per heavy atom. The van der Waals surface area contributed by atoms with Crippen molar-refractivity contribution in [2.75, 3.05) is 39.6 Å². The van der Waals surface area contributed by atoms with Crippen LogP contribution >= 0.6 is 0 Å². The molecule has 0 saturated carbocycles. The maximum atomic E-state index is 11.2. The molecule has 2 unspecified atom stereocenters. The molecule has 2 aliphatic rings. The van der Waals surface area contributed by atoms with Gasteiger partial charge in [-0.25, -0.2) is 4.79 Å². The Bertz CT molecular complexity index is 855. The molecule has 7 nitrogen and oxygen atoms in total. The molecule has 2 aromatic rings. The first-order valence-corrected chi connectivity index (χ1v) is 9.21. The number of fused-ring (bicyclic) bond motifs is 1. The van der Waals surface area contributed by atoms with Gasteiger partial charge in [-0.3, -0.25) is 0 Å². The standard InChI is InChI=1S/C21H22O7/c1-2-20(22)24-8-7-23-19-9-18(27-12-14-10-25-14)16-5-3-4-6-17(16)21(19)28-13-15-11-26-15/h2-6,9,14-15H,1,7-8,10-13H2. The van der Waals surface area contributed by atoms with E-state index in [1.807, 2.05) is 30.3 Å². The van der Waals surface area contributed by atoms with Crippen molar-refractivity contribution in [2.24, 2.45) is 0 Å². The molecule has 4 rings (SSSR count). The summed E-state index contributed by atoms with van der Waals surface area (Å²) in [6, 6.07) is 9.64. The van der Waals surface area contributed by atoms with E-state index in [1.54, 1.807) is 0 Å². The summed E-state index contributed by atoms with van der Waals surface area (Å²) in [6.07, 6.45) is 1.37. The van der Waals surface area contributed by atoms with Gasteiger partial charge in [0, 0.05) is 22.9 Å². The van der Waals surface area contributed by atoms with Crippen LogP contribution in [0.5, 0.6) is 17.2 Å². The van der Waals surface area contributed by atoms with Crippen LogP contribution in [0.4, 0.5) is 0 Å². The van der Waals surface area contributed by atoms with E-state index >= 15 is 0 Å². The molecule has 2 saturated heterocycles. The van der Waals surface area contributed by atoms with Crippen LogP contribution in [0.2, 0.25) is 0 Å². The number of carbonyl (C=O) groups excluding carboxylic acids is 1. The van der Waals surface area contributed by atoms with Crippen LogP contribution in [0.15, 0.2) is 43.0 Å². The predicted molar refractivity (Wildman–Crippen MR) is 101 cm³/mol. The smallest absolute Gasteiger partial charge is 0.330 e. The molecule has 0 bridgehead atoms. The number of rotatable bonds is 11. The van der Waals surface area contributed by atoms with Gasteiger partial charge in [0.05, 0.1) is 13.2 Å². The minimum atomic E-state index is -0.488.